The molecule has 0 aliphatic carbocycles. The fraction of sp³-hybridized carbons (Fsp3) is 0.179. The maximum absolute atomic E-state index is 13.8. The lowest BCUT2D eigenvalue weighted by molar-refractivity contribution is -0.119. The Balaban J connectivity index is 1.63. The van der Waals surface area contributed by atoms with Crippen LogP contribution in [0.25, 0.3) is 0 Å². The van der Waals surface area contributed by atoms with Gasteiger partial charge in [0.2, 0.25) is 5.91 Å². The molecule has 1 N–H and O–H groups in total. The molecule has 7 nitrogen and oxygen atoms in total. The first kappa shape index (κ1) is 23.3. The number of aryl methyl sites for hydroxylation is 1. The number of benzene rings is 3. The van der Waals surface area contributed by atoms with E-state index in [2.05, 4.69) is 10.5 Å². The molecule has 0 saturated heterocycles. The maximum Gasteiger partial charge on any atom is 0.255 e. The molecule has 0 spiro atoms. The zero-order chi connectivity index (χ0) is 25.2. The quantitative estimate of drug-likeness (QED) is 0.403. The monoisotopic (exact) mass is 485 g/mol. The number of nitrogens with one attached hydrogen (secondary N) is 1. The molecule has 2 amide bonds. The Morgan fingerprint density at radius 1 is 1.08 bits per heavy atom. The van der Waals surface area contributed by atoms with Crippen LogP contribution in [0, 0.1) is 12.7 Å². The molecule has 1 aliphatic heterocycles. The summed E-state index contributed by atoms with van der Waals surface area (Å²) in [6.07, 6.45) is 0. The molecule has 2 heterocycles. The van der Waals surface area contributed by atoms with Crippen molar-refractivity contribution in [1.29, 1.82) is 0 Å². The average Bonchev–Trinajstić information content (AvgIpc) is 3.31. The lowest BCUT2D eigenvalue weighted by Gasteiger charge is -2.42. The van der Waals surface area contributed by atoms with Gasteiger partial charge in [0.1, 0.15) is 17.3 Å². The number of carbonyl (C=O) groups is 2. The Bertz CT molecular complexity index is 1400. The number of amides is 2. The van der Waals surface area contributed by atoms with Gasteiger partial charge in [-0.3, -0.25) is 9.59 Å². The summed E-state index contributed by atoms with van der Waals surface area (Å²) in [5.41, 5.74) is 2.57. The highest BCUT2D eigenvalue weighted by Crippen LogP contribution is 2.44. The van der Waals surface area contributed by atoms with Gasteiger partial charge < -0.3 is 19.5 Å². The third-order valence-electron chi connectivity index (χ3n) is 6.32. The van der Waals surface area contributed by atoms with Gasteiger partial charge in [-0.25, -0.2) is 4.39 Å². The number of ether oxygens (including phenoxy) is 1. The van der Waals surface area contributed by atoms with Crippen LogP contribution in [0.4, 0.5) is 10.2 Å². The Morgan fingerprint density at radius 3 is 2.47 bits per heavy atom. The molecule has 182 valence electrons. The highest BCUT2D eigenvalue weighted by atomic mass is 19.1. The van der Waals surface area contributed by atoms with Crippen LogP contribution in [0.15, 0.2) is 83.4 Å². The van der Waals surface area contributed by atoms with Crippen molar-refractivity contribution in [3.63, 3.8) is 0 Å². The molecule has 2 atom stereocenters. The number of methoxy groups -OCH3 is 1. The second-order valence-electron chi connectivity index (χ2n) is 8.65. The van der Waals surface area contributed by atoms with E-state index in [-0.39, 0.29) is 24.2 Å². The first-order chi connectivity index (χ1) is 17.4. The van der Waals surface area contributed by atoms with Gasteiger partial charge in [0.15, 0.2) is 5.82 Å². The van der Waals surface area contributed by atoms with Crippen LogP contribution in [0.2, 0.25) is 0 Å². The third-order valence-corrected chi connectivity index (χ3v) is 6.32. The van der Waals surface area contributed by atoms with Crippen molar-refractivity contribution >= 4 is 17.6 Å². The lowest BCUT2D eigenvalue weighted by Crippen LogP contribution is -2.45. The van der Waals surface area contributed by atoms with E-state index in [4.69, 9.17) is 9.26 Å². The van der Waals surface area contributed by atoms with Gasteiger partial charge in [0, 0.05) is 18.2 Å². The summed E-state index contributed by atoms with van der Waals surface area (Å²) >= 11 is 0. The first-order valence-electron chi connectivity index (χ1n) is 11.5. The molecule has 3 aromatic carbocycles. The molecule has 1 aliphatic rings. The van der Waals surface area contributed by atoms with Gasteiger partial charge >= 0.3 is 0 Å². The normalized spacial score (nSPS) is 17.0. The van der Waals surface area contributed by atoms with Gasteiger partial charge in [-0.1, -0.05) is 47.6 Å². The molecule has 1 aromatic heterocycles. The summed E-state index contributed by atoms with van der Waals surface area (Å²) < 4.78 is 24.0. The Morgan fingerprint density at radius 2 is 1.81 bits per heavy atom. The molecule has 4 aromatic rings. The third kappa shape index (κ3) is 4.45. The number of fused-ring (bicyclic) bond motifs is 1. The summed E-state index contributed by atoms with van der Waals surface area (Å²) in [5, 5.41) is 6.74. The molecule has 0 saturated carbocycles. The second kappa shape index (κ2) is 9.65. The van der Waals surface area contributed by atoms with E-state index in [1.54, 1.807) is 67.5 Å². The minimum atomic E-state index is -0.746. The molecule has 5 rings (SSSR count). The van der Waals surface area contributed by atoms with E-state index in [9.17, 15) is 14.0 Å². The molecule has 0 radical (unpaired) electrons. The van der Waals surface area contributed by atoms with Crippen molar-refractivity contribution in [2.45, 2.75) is 25.4 Å². The minimum absolute atomic E-state index is 0.191. The van der Waals surface area contributed by atoms with E-state index in [1.165, 1.54) is 12.1 Å². The highest BCUT2D eigenvalue weighted by molar-refractivity contribution is 6.04. The van der Waals surface area contributed by atoms with Crippen molar-refractivity contribution in [3.05, 3.63) is 113 Å². The van der Waals surface area contributed by atoms with Crippen molar-refractivity contribution in [1.82, 2.24) is 10.1 Å². The number of nitrogens with zero attached hydrogens (tertiary/aromatic N) is 2. The van der Waals surface area contributed by atoms with E-state index in [1.807, 2.05) is 18.2 Å². The molecule has 0 bridgehead atoms. The summed E-state index contributed by atoms with van der Waals surface area (Å²) in [5.74, 6) is -0.124. The standard InChI is InChI=1S/C28H24FN3O4/c1-17-15-24(31-36-17)30-27(33)25-22-5-3-4-6-23(22)28(34)32(16-18-7-11-20(29)12-8-18)26(25)19-9-13-21(35-2)14-10-19/h3-15,25-26H,16H2,1-2H3,(H,30,31,33). The molecule has 0 fully saturated rings. The lowest BCUT2D eigenvalue weighted by atomic mass is 9.79. The molecule has 36 heavy (non-hydrogen) atoms. The zero-order valence-electron chi connectivity index (χ0n) is 19.8. The van der Waals surface area contributed by atoms with Crippen LogP contribution in [0.3, 0.4) is 0 Å². The Hall–Kier alpha value is -4.46. The number of aromatic nitrogens is 1. The molecular weight excluding hydrogens is 461 g/mol. The molecule has 2 unspecified atom stereocenters. The van der Waals surface area contributed by atoms with Crippen LogP contribution < -0.4 is 10.1 Å². The van der Waals surface area contributed by atoms with Crippen molar-refractivity contribution < 1.29 is 23.2 Å². The van der Waals surface area contributed by atoms with E-state index in [0.29, 0.717) is 28.5 Å². The maximum atomic E-state index is 13.8. The number of anilines is 1. The van der Waals surface area contributed by atoms with Gasteiger partial charge in [-0.15, -0.1) is 0 Å². The van der Waals surface area contributed by atoms with Gasteiger partial charge in [0.05, 0.1) is 19.1 Å². The van der Waals surface area contributed by atoms with Gasteiger partial charge in [-0.2, -0.15) is 0 Å². The van der Waals surface area contributed by atoms with Crippen LogP contribution in [0.5, 0.6) is 5.75 Å². The number of halogens is 1. The number of hydrogen-bond acceptors (Lipinski definition) is 5. The summed E-state index contributed by atoms with van der Waals surface area (Å²) in [4.78, 5) is 29.2. The predicted molar refractivity (Wildman–Crippen MR) is 131 cm³/mol. The van der Waals surface area contributed by atoms with Gasteiger partial charge in [-0.05, 0) is 53.9 Å². The topological polar surface area (TPSA) is 84.7 Å². The Labute approximate surface area is 207 Å². The Kier molecular flexibility index (Phi) is 6.25. The van der Waals surface area contributed by atoms with Crippen LogP contribution in [0.1, 0.15) is 44.8 Å². The van der Waals surface area contributed by atoms with Crippen molar-refractivity contribution in [3.8, 4) is 5.75 Å². The number of rotatable bonds is 6. The summed E-state index contributed by atoms with van der Waals surface area (Å²) in [6, 6.07) is 21.4. The van der Waals surface area contributed by atoms with Crippen LogP contribution in [-0.4, -0.2) is 29.0 Å². The fourth-order valence-electron chi connectivity index (χ4n) is 4.64. The average molecular weight is 486 g/mol. The van der Waals surface area contributed by atoms with Crippen molar-refractivity contribution in [2.75, 3.05) is 12.4 Å². The van der Waals surface area contributed by atoms with E-state index < -0.39 is 12.0 Å². The first-order valence-corrected chi connectivity index (χ1v) is 11.5. The molecular formula is C28H24FN3O4. The second-order valence-corrected chi connectivity index (χ2v) is 8.65. The highest BCUT2D eigenvalue weighted by Gasteiger charge is 2.44. The van der Waals surface area contributed by atoms with Crippen LogP contribution in [-0.2, 0) is 11.3 Å². The zero-order valence-corrected chi connectivity index (χ0v) is 19.8. The SMILES string of the molecule is COc1ccc(C2C(C(=O)Nc3cc(C)on3)c3ccccc3C(=O)N2Cc2ccc(F)cc2)cc1. The number of carbonyl (C=O) groups excluding carboxylic acids is 2. The fourth-order valence-corrected chi connectivity index (χ4v) is 4.64. The van der Waals surface area contributed by atoms with E-state index >= 15 is 0 Å². The number of hydrogen-bond donors (Lipinski definition) is 1. The largest absolute Gasteiger partial charge is 0.497 e. The summed E-state index contributed by atoms with van der Waals surface area (Å²) in [6.45, 7) is 1.93. The van der Waals surface area contributed by atoms with Crippen molar-refractivity contribution in [2.24, 2.45) is 0 Å². The molecule has 8 heteroatoms. The van der Waals surface area contributed by atoms with E-state index in [0.717, 1.165) is 11.1 Å². The summed E-state index contributed by atoms with van der Waals surface area (Å²) in [7, 11) is 1.58. The van der Waals surface area contributed by atoms with Crippen LogP contribution >= 0.6 is 0 Å². The minimum Gasteiger partial charge on any atom is -0.497 e. The predicted octanol–water partition coefficient (Wildman–Crippen LogP) is 5.25. The van der Waals surface area contributed by atoms with Gasteiger partial charge in [0.25, 0.3) is 5.91 Å². The smallest absolute Gasteiger partial charge is 0.255 e.